The van der Waals surface area contributed by atoms with E-state index in [1.54, 1.807) is 0 Å². The van der Waals surface area contributed by atoms with Crippen LogP contribution in [0.5, 0.6) is 0 Å². The fraction of sp³-hybridized carbons (Fsp3) is 0.909. The summed E-state index contributed by atoms with van der Waals surface area (Å²) in [7, 11) is 0. The lowest BCUT2D eigenvalue weighted by atomic mass is 9.50. The first-order chi connectivity index (χ1) is 12.3. The van der Waals surface area contributed by atoms with E-state index in [4.69, 9.17) is 5.26 Å². The highest BCUT2D eigenvalue weighted by molar-refractivity contribution is 5.85. The van der Waals surface area contributed by atoms with Crippen LogP contribution in [0.15, 0.2) is 0 Å². The molecule has 0 aromatic rings. The van der Waals surface area contributed by atoms with E-state index < -0.39 is 0 Å². The van der Waals surface area contributed by atoms with Gasteiger partial charge in [0.2, 0.25) is 0 Å². The molecule has 4 fully saturated rings. The topological polar surface area (TPSA) is 64.3 Å². The predicted octanol–water partition coefficient (Wildman–Crippen LogP) is 3.39. The molecule has 0 amide bonds. The van der Waals surface area contributed by atoms with Gasteiger partial charge in [-0.05, 0) is 74.5 Å². The summed E-state index contributed by atoms with van der Waals surface area (Å²) < 4.78 is 0. The van der Waals surface area contributed by atoms with E-state index in [1.165, 1.54) is 12.8 Å². The van der Waals surface area contributed by atoms with Gasteiger partial charge in [-0.3, -0.25) is 9.69 Å². The Morgan fingerprint density at radius 3 is 2.73 bits per heavy atom. The number of carbonyl (C=O) groups excluding carboxylic acids is 1. The molecule has 4 heteroatoms. The second-order valence-electron chi connectivity index (χ2n) is 10.2. The van der Waals surface area contributed by atoms with E-state index in [9.17, 15) is 9.90 Å². The Kier molecular flexibility index (Phi) is 4.48. The molecule has 0 bridgehead atoms. The Morgan fingerprint density at radius 1 is 1.23 bits per heavy atom. The Morgan fingerprint density at radius 2 is 2.00 bits per heavy atom. The average molecular weight is 359 g/mol. The number of hydrogen-bond donors (Lipinski definition) is 1. The summed E-state index contributed by atoms with van der Waals surface area (Å²) in [6, 6.07) is 2.37. The molecule has 0 spiro atoms. The van der Waals surface area contributed by atoms with Crippen LogP contribution < -0.4 is 0 Å². The number of rotatable bonds is 2. The maximum absolute atomic E-state index is 13.2. The highest BCUT2D eigenvalue weighted by atomic mass is 16.3. The van der Waals surface area contributed by atoms with Gasteiger partial charge in [-0.25, -0.2) is 0 Å². The van der Waals surface area contributed by atoms with Crippen molar-refractivity contribution in [3.8, 4) is 6.07 Å². The Labute approximate surface area is 157 Å². The third-order valence-electron chi connectivity index (χ3n) is 9.10. The number of ketones is 1. The van der Waals surface area contributed by atoms with Crippen LogP contribution >= 0.6 is 0 Å². The van der Waals surface area contributed by atoms with Crippen molar-refractivity contribution in [1.82, 2.24) is 4.90 Å². The molecule has 8 unspecified atom stereocenters. The maximum atomic E-state index is 13.2. The fourth-order valence-corrected chi connectivity index (χ4v) is 7.68. The largest absolute Gasteiger partial charge is 0.392 e. The van der Waals surface area contributed by atoms with E-state index >= 15 is 0 Å². The molecule has 2 aliphatic carbocycles. The van der Waals surface area contributed by atoms with Crippen LogP contribution in [0.4, 0.5) is 0 Å². The molecule has 1 N–H and O–H groups in total. The van der Waals surface area contributed by atoms with Crippen molar-refractivity contribution in [1.29, 1.82) is 5.26 Å². The van der Waals surface area contributed by atoms with Gasteiger partial charge in [0.05, 0.1) is 18.7 Å². The van der Waals surface area contributed by atoms with Crippen molar-refractivity contribution >= 4 is 5.78 Å². The number of Topliss-reactive ketones (excluding diaryl/α,β-unsaturated/α-hetero) is 1. The smallest absolute Gasteiger partial charge is 0.150 e. The summed E-state index contributed by atoms with van der Waals surface area (Å²) in [5.41, 5.74) is 0.301. The quantitative estimate of drug-likeness (QED) is 0.822. The van der Waals surface area contributed by atoms with E-state index in [-0.39, 0.29) is 23.0 Å². The SMILES string of the molecule is CC(CC#N)C1CCC2C3C(=O)CN4CC(O)CCC4(C)C3CCC12C. The summed E-state index contributed by atoms with van der Waals surface area (Å²) in [5, 5.41) is 19.3. The Hall–Kier alpha value is -0.920. The summed E-state index contributed by atoms with van der Waals surface area (Å²) in [6.45, 7) is 8.21. The molecule has 0 aromatic carbocycles. The van der Waals surface area contributed by atoms with Gasteiger partial charge in [0.1, 0.15) is 0 Å². The maximum Gasteiger partial charge on any atom is 0.150 e. The second-order valence-corrected chi connectivity index (χ2v) is 10.2. The molecule has 2 aliphatic heterocycles. The molecule has 2 saturated carbocycles. The van der Waals surface area contributed by atoms with Gasteiger partial charge in [-0.15, -0.1) is 0 Å². The lowest BCUT2D eigenvalue weighted by Gasteiger charge is -2.61. The fourth-order valence-electron chi connectivity index (χ4n) is 7.68. The normalized spacial score (nSPS) is 49.7. The van der Waals surface area contributed by atoms with Crippen LogP contribution in [0.2, 0.25) is 0 Å². The molecule has 4 rings (SSSR count). The first-order valence-corrected chi connectivity index (χ1v) is 10.6. The van der Waals surface area contributed by atoms with Gasteiger partial charge in [-0.1, -0.05) is 13.8 Å². The lowest BCUT2D eigenvalue weighted by Crippen LogP contribution is -2.68. The van der Waals surface area contributed by atoms with Crippen molar-refractivity contribution in [2.24, 2.45) is 35.0 Å². The first kappa shape index (κ1) is 18.4. The molecule has 0 radical (unpaired) electrons. The van der Waals surface area contributed by atoms with Gasteiger partial charge in [0, 0.05) is 24.4 Å². The zero-order valence-corrected chi connectivity index (χ0v) is 16.6. The van der Waals surface area contributed by atoms with E-state index in [2.05, 4.69) is 31.7 Å². The van der Waals surface area contributed by atoms with Crippen LogP contribution in [0.3, 0.4) is 0 Å². The number of piperidine rings is 2. The molecule has 2 saturated heterocycles. The van der Waals surface area contributed by atoms with Crippen molar-refractivity contribution in [2.45, 2.75) is 77.4 Å². The van der Waals surface area contributed by atoms with Crippen LogP contribution in [-0.4, -0.2) is 40.5 Å². The minimum atomic E-state index is -0.274. The molecule has 0 aromatic heterocycles. The molecule has 4 nitrogen and oxygen atoms in total. The molecule has 26 heavy (non-hydrogen) atoms. The van der Waals surface area contributed by atoms with Gasteiger partial charge in [0.15, 0.2) is 5.78 Å². The van der Waals surface area contributed by atoms with Crippen LogP contribution in [0, 0.1) is 46.3 Å². The zero-order chi connectivity index (χ0) is 18.7. The minimum absolute atomic E-state index is 0.0789. The second kappa shape index (κ2) is 6.31. The van der Waals surface area contributed by atoms with Crippen molar-refractivity contribution in [3.63, 3.8) is 0 Å². The van der Waals surface area contributed by atoms with Crippen molar-refractivity contribution in [2.75, 3.05) is 13.1 Å². The van der Waals surface area contributed by atoms with Crippen LogP contribution in [0.1, 0.15) is 65.7 Å². The van der Waals surface area contributed by atoms with Gasteiger partial charge in [-0.2, -0.15) is 5.26 Å². The molecular weight excluding hydrogens is 324 g/mol. The highest BCUT2D eigenvalue weighted by Gasteiger charge is 2.62. The number of carbonyl (C=O) groups is 1. The van der Waals surface area contributed by atoms with Gasteiger partial charge >= 0.3 is 0 Å². The summed E-state index contributed by atoms with van der Waals surface area (Å²) in [6.07, 6.45) is 6.90. The minimum Gasteiger partial charge on any atom is -0.392 e. The number of aliphatic hydroxyl groups is 1. The number of aliphatic hydroxyl groups excluding tert-OH is 1. The van der Waals surface area contributed by atoms with Crippen molar-refractivity contribution in [3.05, 3.63) is 0 Å². The molecule has 144 valence electrons. The zero-order valence-electron chi connectivity index (χ0n) is 16.6. The third-order valence-corrected chi connectivity index (χ3v) is 9.10. The van der Waals surface area contributed by atoms with Crippen molar-refractivity contribution < 1.29 is 9.90 Å². The van der Waals surface area contributed by atoms with E-state index in [0.29, 0.717) is 49.0 Å². The monoisotopic (exact) mass is 358 g/mol. The molecule has 2 heterocycles. The predicted molar refractivity (Wildman–Crippen MR) is 100 cm³/mol. The van der Waals surface area contributed by atoms with Gasteiger partial charge < -0.3 is 5.11 Å². The third kappa shape index (κ3) is 2.50. The van der Waals surface area contributed by atoms with E-state index in [1.807, 2.05) is 0 Å². The summed E-state index contributed by atoms with van der Waals surface area (Å²) in [5.74, 6) is 2.57. The molecular formula is C22H34N2O2. The highest BCUT2D eigenvalue weighted by Crippen LogP contribution is 2.64. The Balaban J connectivity index is 1.63. The summed E-state index contributed by atoms with van der Waals surface area (Å²) >= 11 is 0. The van der Waals surface area contributed by atoms with Crippen LogP contribution in [-0.2, 0) is 4.79 Å². The average Bonchev–Trinajstić information content (AvgIpc) is 2.94. The summed E-state index contributed by atoms with van der Waals surface area (Å²) in [4.78, 5) is 15.5. The number of hydrogen-bond acceptors (Lipinski definition) is 4. The lowest BCUT2D eigenvalue weighted by molar-refractivity contribution is -0.163. The number of fused-ring (bicyclic) bond motifs is 5. The van der Waals surface area contributed by atoms with Crippen LogP contribution in [0.25, 0.3) is 0 Å². The van der Waals surface area contributed by atoms with Gasteiger partial charge in [0.25, 0.3) is 0 Å². The standard InChI is InChI=1S/C22H34N2O2/c1-14(8-11-23)16-4-5-17-20-18(7-9-21(16,17)2)22(3)10-6-15(25)12-24(22)13-19(20)26/h14-18,20,25H,4-10,12-13H2,1-3H3. The number of nitriles is 1. The number of nitrogens with zero attached hydrogens (tertiary/aromatic N) is 2. The molecule has 4 aliphatic rings. The Bertz CT molecular complexity index is 628. The molecule has 8 atom stereocenters. The van der Waals surface area contributed by atoms with E-state index in [0.717, 1.165) is 25.7 Å². The first-order valence-electron chi connectivity index (χ1n) is 10.6. The number of β-amino-alcohol motifs (C(OH)–C–C–N with tert-alkyl or cyclic N) is 1.